The zero-order valence-electron chi connectivity index (χ0n) is 12.5. The standard InChI is InChI=1S/C18H17NS3/c1-12-6-9-16(20-12)15(19)5-3-4-14-8-11-18(22-14)17-10-7-13(2)21-17/h3-11H,19H2,1-2H3/b4-3+,15-5-. The van der Waals surface area contributed by atoms with E-state index in [1.54, 1.807) is 11.3 Å². The van der Waals surface area contributed by atoms with Crippen LogP contribution in [-0.4, -0.2) is 0 Å². The third-order valence-electron chi connectivity index (χ3n) is 3.17. The van der Waals surface area contributed by atoms with Crippen molar-refractivity contribution in [1.29, 1.82) is 0 Å². The van der Waals surface area contributed by atoms with E-state index in [9.17, 15) is 0 Å². The predicted molar refractivity (Wildman–Crippen MR) is 103 cm³/mol. The molecule has 0 saturated heterocycles. The summed E-state index contributed by atoms with van der Waals surface area (Å²) in [5.41, 5.74) is 6.92. The van der Waals surface area contributed by atoms with Crippen molar-refractivity contribution in [2.24, 2.45) is 5.73 Å². The first-order chi connectivity index (χ1) is 10.6. The van der Waals surface area contributed by atoms with Crippen molar-refractivity contribution in [2.45, 2.75) is 13.8 Å². The molecular formula is C18H17NS3. The van der Waals surface area contributed by atoms with E-state index in [1.807, 2.05) is 34.8 Å². The van der Waals surface area contributed by atoms with Gasteiger partial charge in [-0.2, -0.15) is 0 Å². The number of hydrogen-bond donors (Lipinski definition) is 1. The monoisotopic (exact) mass is 343 g/mol. The number of nitrogens with two attached hydrogens (primary N) is 1. The summed E-state index contributed by atoms with van der Waals surface area (Å²) < 4.78 is 0. The van der Waals surface area contributed by atoms with Gasteiger partial charge >= 0.3 is 0 Å². The fourth-order valence-electron chi connectivity index (χ4n) is 2.06. The van der Waals surface area contributed by atoms with Gasteiger partial charge in [0.15, 0.2) is 0 Å². The van der Waals surface area contributed by atoms with E-state index < -0.39 is 0 Å². The van der Waals surface area contributed by atoms with Gasteiger partial charge in [-0.25, -0.2) is 0 Å². The van der Waals surface area contributed by atoms with E-state index in [0.29, 0.717) is 0 Å². The zero-order valence-corrected chi connectivity index (χ0v) is 14.9. The Bertz CT molecular complexity index is 830. The lowest BCUT2D eigenvalue weighted by Gasteiger charge is -1.93. The van der Waals surface area contributed by atoms with Gasteiger partial charge in [0.05, 0.1) is 4.88 Å². The van der Waals surface area contributed by atoms with Crippen molar-refractivity contribution in [3.63, 3.8) is 0 Å². The molecule has 112 valence electrons. The number of hydrogen-bond acceptors (Lipinski definition) is 4. The molecule has 0 fully saturated rings. The Balaban J connectivity index is 1.72. The molecule has 2 N–H and O–H groups in total. The maximum Gasteiger partial charge on any atom is 0.0502 e. The van der Waals surface area contributed by atoms with Crippen molar-refractivity contribution in [3.05, 3.63) is 68.1 Å². The van der Waals surface area contributed by atoms with E-state index in [2.05, 4.69) is 56.3 Å². The van der Waals surface area contributed by atoms with Crippen molar-refractivity contribution >= 4 is 45.8 Å². The number of allylic oxidation sites excluding steroid dienone is 2. The van der Waals surface area contributed by atoms with E-state index in [-0.39, 0.29) is 0 Å². The largest absolute Gasteiger partial charge is 0.398 e. The van der Waals surface area contributed by atoms with Crippen LogP contribution in [0.1, 0.15) is 19.5 Å². The first-order valence-electron chi connectivity index (χ1n) is 6.99. The summed E-state index contributed by atoms with van der Waals surface area (Å²) >= 11 is 5.37. The van der Waals surface area contributed by atoms with Crippen LogP contribution in [0.2, 0.25) is 0 Å². The van der Waals surface area contributed by atoms with Crippen molar-refractivity contribution in [1.82, 2.24) is 0 Å². The SMILES string of the molecule is Cc1ccc(/C(N)=C/C=C/c2ccc(-c3ccc(C)s3)s2)s1. The Morgan fingerprint density at radius 3 is 2.23 bits per heavy atom. The minimum absolute atomic E-state index is 0.819. The average molecular weight is 344 g/mol. The Morgan fingerprint density at radius 2 is 1.55 bits per heavy atom. The second-order valence-corrected chi connectivity index (χ2v) is 8.69. The molecule has 0 aliphatic carbocycles. The van der Waals surface area contributed by atoms with Crippen LogP contribution in [0.4, 0.5) is 0 Å². The van der Waals surface area contributed by atoms with Gasteiger partial charge in [-0.3, -0.25) is 0 Å². The molecule has 0 atom stereocenters. The highest BCUT2D eigenvalue weighted by molar-refractivity contribution is 7.22. The van der Waals surface area contributed by atoms with E-state index >= 15 is 0 Å². The van der Waals surface area contributed by atoms with E-state index in [4.69, 9.17) is 5.73 Å². The molecule has 0 amide bonds. The van der Waals surface area contributed by atoms with Gasteiger partial charge in [0.25, 0.3) is 0 Å². The summed E-state index contributed by atoms with van der Waals surface area (Å²) in [5, 5.41) is 0. The summed E-state index contributed by atoms with van der Waals surface area (Å²) in [6.07, 6.45) is 6.11. The summed E-state index contributed by atoms with van der Waals surface area (Å²) in [4.78, 5) is 7.66. The highest BCUT2D eigenvalue weighted by Gasteiger charge is 2.03. The smallest absolute Gasteiger partial charge is 0.0502 e. The molecule has 0 unspecified atom stereocenters. The molecule has 0 radical (unpaired) electrons. The molecule has 3 aromatic heterocycles. The zero-order chi connectivity index (χ0) is 15.5. The van der Waals surface area contributed by atoms with Crippen LogP contribution in [0.5, 0.6) is 0 Å². The first kappa shape index (κ1) is 15.3. The quantitative estimate of drug-likeness (QED) is 0.563. The first-order valence-corrected chi connectivity index (χ1v) is 9.44. The molecule has 4 heteroatoms. The lowest BCUT2D eigenvalue weighted by Crippen LogP contribution is -1.91. The third kappa shape index (κ3) is 3.58. The minimum Gasteiger partial charge on any atom is -0.398 e. The van der Waals surface area contributed by atoms with Crippen LogP contribution < -0.4 is 5.73 Å². The molecule has 3 rings (SSSR count). The van der Waals surface area contributed by atoms with Crippen LogP contribution in [0.25, 0.3) is 21.5 Å². The van der Waals surface area contributed by atoms with Gasteiger partial charge in [0, 0.05) is 30.1 Å². The normalized spacial score (nSPS) is 12.4. The van der Waals surface area contributed by atoms with Crippen molar-refractivity contribution in [3.8, 4) is 9.75 Å². The molecule has 0 aromatic carbocycles. The molecule has 0 aliphatic heterocycles. The lowest BCUT2D eigenvalue weighted by molar-refractivity contribution is 1.60. The Morgan fingerprint density at radius 1 is 0.864 bits per heavy atom. The van der Waals surface area contributed by atoms with Crippen LogP contribution in [-0.2, 0) is 0 Å². The van der Waals surface area contributed by atoms with Crippen LogP contribution in [0, 0.1) is 13.8 Å². The third-order valence-corrected chi connectivity index (χ3v) is 6.47. The molecule has 1 nitrogen and oxygen atoms in total. The topological polar surface area (TPSA) is 26.0 Å². The van der Waals surface area contributed by atoms with Gasteiger partial charge in [-0.15, -0.1) is 34.0 Å². The maximum atomic E-state index is 6.10. The average Bonchev–Trinajstić information content (AvgIpc) is 3.19. The summed E-state index contributed by atoms with van der Waals surface area (Å²) in [5.74, 6) is 0. The fraction of sp³-hybridized carbons (Fsp3) is 0.111. The summed E-state index contributed by atoms with van der Waals surface area (Å²) in [7, 11) is 0. The summed E-state index contributed by atoms with van der Waals surface area (Å²) in [6, 6.07) is 12.9. The van der Waals surface area contributed by atoms with Gasteiger partial charge in [-0.1, -0.05) is 6.08 Å². The van der Waals surface area contributed by atoms with Crippen LogP contribution in [0.15, 0.2) is 48.6 Å². The highest BCUT2D eigenvalue weighted by atomic mass is 32.1. The number of rotatable bonds is 4. The minimum atomic E-state index is 0.819. The molecule has 3 heterocycles. The van der Waals surface area contributed by atoms with Crippen LogP contribution in [0.3, 0.4) is 0 Å². The van der Waals surface area contributed by atoms with Crippen molar-refractivity contribution < 1.29 is 0 Å². The molecule has 3 aromatic rings. The second-order valence-electron chi connectivity index (χ2n) is 5.00. The molecule has 0 bridgehead atoms. The highest BCUT2D eigenvalue weighted by Crippen LogP contribution is 2.33. The summed E-state index contributed by atoms with van der Waals surface area (Å²) in [6.45, 7) is 4.24. The molecule has 22 heavy (non-hydrogen) atoms. The maximum absolute atomic E-state index is 6.10. The number of aryl methyl sites for hydroxylation is 2. The Labute approximate surface area is 143 Å². The van der Waals surface area contributed by atoms with Gasteiger partial charge in [0.2, 0.25) is 0 Å². The lowest BCUT2D eigenvalue weighted by atomic mass is 10.3. The van der Waals surface area contributed by atoms with Crippen LogP contribution >= 0.6 is 34.0 Å². The number of thiophene rings is 3. The molecule has 0 saturated carbocycles. The Hall–Kier alpha value is -1.62. The predicted octanol–water partition coefficient (Wildman–Crippen LogP) is 6.17. The van der Waals surface area contributed by atoms with Gasteiger partial charge in [0.1, 0.15) is 0 Å². The van der Waals surface area contributed by atoms with E-state index in [0.717, 1.165) is 10.6 Å². The molecule has 0 spiro atoms. The second kappa shape index (κ2) is 6.65. The Kier molecular flexibility index (Phi) is 4.62. The van der Waals surface area contributed by atoms with Crippen molar-refractivity contribution in [2.75, 3.05) is 0 Å². The van der Waals surface area contributed by atoms with Gasteiger partial charge < -0.3 is 5.73 Å². The molecule has 0 aliphatic rings. The van der Waals surface area contributed by atoms with E-state index in [1.165, 1.54) is 24.4 Å². The molecular weight excluding hydrogens is 326 g/mol. The van der Waals surface area contributed by atoms with Gasteiger partial charge in [-0.05, 0) is 62.4 Å². The fourth-order valence-corrected chi connectivity index (χ4v) is 4.74.